The lowest BCUT2D eigenvalue weighted by molar-refractivity contribution is -0.124. The Hall–Kier alpha value is -1.98. The summed E-state index contributed by atoms with van der Waals surface area (Å²) in [7, 11) is 0. The number of carbonyl (C=O) groups is 1. The van der Waals surface area contributed by atoms with E-state index in [0.29, 0.717) is 6.04 Å². The minimum Gasteiger partial charge on any atom is -0.301 e. The Kier molecular flexibility index (Phi) is 5.04. The van der Waals surface area contributed by atoms with Crippen LogP contribution in [0, 0.1) is 5.82 Å². The first-order valence-corrected chi connectivity index (χ1v) is 8.81. The van der Waals surface area contributed by atoms with Crippen LogP contribution in [-0.2, 0) is 10.2 Å². The van der Waals surface area contributed by atoms with Crippen LogP contribution in [-0.4, -0.2) is 34.9 Å². The number of pyridine rings is 1. The molecule has 0 unspecified atom stereocenters. The number of carbonyl (C=O) groups excluding carboxylic acids is 1. The lowest BCUT2D eigenvalue weighted by Crippen LogP contribution is -2.49. The molecule has 2 aromatic rings. The van der Waals surface area contributed by atoms with Gasteiger partial charge in [-0.25, -0.2) is 4.39 Å². The number of nitrogens with zero attached hydrogens (tertiary/aromatic N) is 3. The fourth-order valence-electron chi connectivity index (χ4n) is 4.17. The normalized spacial score (nSPS) is 18.9. The van der Waals surface area contributed by atoms with Crippen molar-refractivity contribution in [3.63, 3.8) is 0 Å². The molecule has 0 saturated carbocycles. The fraction of sp³-hybridized carbons (Fsp3) is 0.400. The number of anilines is 2. The van der Waals surface area contributed by atoms with Crippen molar-refractivity contribution in [3.05, 3.63) is 54.1 Å². The highest BCUT2D eigenvalue weighted by Gasteiger charge is 2.52. The van der Waals surface area contributed by atoms with Crippen molar-refractivity contribution in [1.82, 2.24) is 9.88 Å². The quantitative estimate of drug-likeness (QED) is 0.794. The third-order valence-electron chi connectivity index (χ3n) is 5.61. The number of rotatable bonds is 2. The first-order chi connectivity index (χ1) is 12.0. The highest BCUT2D eigenvalue weighted by molar-refractivity contribution is 6.13. The van der Waals surface area contributed by atoms with Gasteiger partial charge in [0.25, 0.3) is 0 Å². The molecule has 1 aromatic heterocycles. The summed E-state index contributed by atoms with van der Waals surface area (Å²) in [6.45, 7) is 6.04. The van der Waals surface area contributed by atoms with Crippen molar-refractivity contribution in [3.8, 4) is 0 Å². The van der Waals surface area contributed by atoms with Gasteiger partial charge in [0.2, 0.25) is 5.91 Å². The molecular formula is C20H23ClFN3O. The van der Waals surface area contributed by atoms with E-state index < -0.39 is 5.41 Å². The standard InChI is InChI=1S/C20H22FN3O.ClH/c1-14(2)23-10-7-20(8-11-23)17-12-15(21)5-6-18(17)24(19(20)25)16-4-3-9-22-13-16;/h3-6,9,12-14H,7-8,10-11H2,1-2H3;1H. The van der Waals surface area contributed by atoms with Gasteiger partial charge in [-0.15, -0.1) is 12.4 Å². The first kappa shape index (κ1) is 18.8. The lowest BCUT2D eigenvalue weighted by atomic mass is 9.73. The van der Waals surface area contributed by atoms with Crippen LogP contribution in [0.2, 0.25) is 0 Å². The third kappa shape index (κ3) is 2.79. The highest BCUT2D eigenvalue weighted by Crippen LogP contribution is 2.50. The second-order valence-electron chi connectivity index (χ2n) is 7.23. The highest BCUT2D eigenvalue weighted by atomic mass is 35.5. The third-order valence-corrected chi connectivity index (χ3v) is 5.61. The molecule has 0 aliphatic carbocycles. The Morgan fingerprint density at radius 1 is 1.19 bits per heavy atom. The molecule has 0 atom stereocenters. The molecule has 1 spiro atoms. The number of piperidine rings is 1. The van der Waals surface area contributed by atoms with E-state index in [-0.39, 0.29) is 24.1 Å². The van der Waals surface area contributed by atoms with E-state index in [9.17, 15) is 9.18 Å². The molecular weight excluding hydrogens is 353 g/mol. The summed E-state index contributed by atoms with van der Waals surface area (Å²) in [5.74, 6) is -0.241. The Bertz CT molecular complexity index is 804. The van der Waals surface area contributed by atoms with Crippen molar-refractivity contribution >= 4 is 29.7 Å². The van der Waals surface area contributed by atoms with Crippen LogP contribution < -0.4 is 4.90 Å². The lowest BCUT2D eigenvalue weighted by Gasteiger charge is -2.40. The number of fused-ring (bicyclic) bond motifs is 2. The average Bonchev–Trinajstić information content (AvgIpc) is 2.85. The number of aromatic nitrogens is 1. The molecule has 4 nitrogen and oxygen atoms in total. The number of benzene rings is 1. The number of hydrogen-bond donors (Lipinski definition) is 0. The molecule has 0 bridgehead atoms. The minimum absolute atomic E-state index is 0. The maximum absolute atomic E-state index is 14.0. The van der Waals surface area contributed by atoms with Gasteiger partial charge in [0.05, 0.1) is 23.0 Å². The predicted molar refractivity (Wildman–Crippen MR) is 103 cm³/mol. The number of amides is 1. The van der Waals surface area contributed by atoms with Gasteiger partial charge in [0, 0.05) is 12.2 Å². The van der Waals surface area contributed by atoms with E-state index in [1.54, 1.807) is 29.4 Å². The first-order valence-electron chi connectivity index (χ1n) is 8.81. The largest absolute Gasteiger partial charge is 0.301 e. The monoisotopic (exact) mass is 375 g/mol. The Morgan fingerprint density at radius 2 is 1.92 bits per heavy atom. The van der Waals surface area contributed by atoms with Crippen LogP contribution >= 0.6 is 12.4 Å². The van der Waals surface area contributed by atoms with Gasteiger partial charge in [-0.05, 0) is 75.7 Å². The number of hydrogen-bond acceptors (Lipinski definition) is 3. The molecule has 2 aliphatic heterocycles. The molecule has 4 rings (SSSR count). The molecule has 0 N–H and O–H groups in total. The van der Waals surface area contributed by atoms with Gasteiger partial charge >= 0.3 is 0 Å². The van der Waals surface area contributed by atoms with Gasteiger partial charge in [-0.1, -0.05) is 0 Å². The zero-order chi connectivity index (χ0) is 17.6. The zero-order valence-electron chi connectivity index (χ0n) is 15.0. The second-order valence-corrected chi connectivity index (χ2v) is 7.23. The van der Waals surface area contributed by atoms with Crippen LogP contribution in [0.5, 0.6) is 0 Å². The second kappa shape index (κ2) is 6.97. The summed E-state index contributed by atoms with van der Waals surface area (Å²) >= 11 is 0. The van der Waals surface area contributed by atoms with E-state index in [1.807, 2.05) is 12.1 Å². The summed E-state index contributed by atoms with van der Waals surface area (Å²) in [5, 5.41) is 0. The molecule has 138 valence electrons. The molecule has 1 fully saturated rings. The van der Waals surface area contributed by atoms with Crippen LogP contribution in [0.25, 0.3) is 0 Å². The topological polar surface area (TPSA) is 36.4 Å². The molecule has 0 radical (unpaired) electrons. The summed E-state index contributed by atoms with van der Waals surface area (Å²) in [4.78, 5) is 21.7. The number of halogens is 2. The van der Waals surface area contributed by atoms with E-state index in [2.05, 4.69) is 23.7 Å². The molecule has 1 aromatic carbocycles. The van der Waals surface area contributed by atoms with Gasteiger partial charge in [-0.2, -0.15) is 0 Å². The van der Waals surface area contributed by atoms with E-state index >= 15 is 0 Å². The SMILES string of the molecule is CC(C)N1CCC2(CC1)C(=O)N(c1cccnc1)c1ccc(F)cc12.Cl. The summed E-state index contributed by atoms with van der Waals surface area (Å²) in [6, 6.07) is 8.85. The maximum Gasteiger partial charge on any atom is 0.242 e. The van der Waals surface area contributed by atoms with Crippen LogP contribution in [0.4, 0.5) is 15.8 Å². The predicted octanol–water partition coefficient (Wildman–Crippen LogP) is 4.06. The molecule has 1 amide bonds. The molecule has 2 aliphatic rings. The van der Waals surface area contributed by atoms with Crippen LogP contribution in [0.3, 0.4) is 0 Å². The summed E-state index contributed by atoms with van der Waals surface area (Å²) < 4.78 is 14.0. The summed E-state index contributed by atoms with van der Waals surface area (Å²) in [6.07, 6.45) is 4.81. The Balaban J connectivity index is 0.00000196. The Labute approximate surface area is 159 Å². The van der Waals surface area contributed by atoms with Gasteiger partial charge in [-0.3, -0.25) is 14.7 Å². The zero-order valence-corrected chi connectivity index (χ0v) is 15.8. The summed E-state index contributed by atoms with van der Waals surface area (Å²) in [5.41, 5.74) is 1.73. The molecule has 1 saturated heterocycles. The van der Waals surface area contributed by atoms with Crippen molar-refractivity contribution in [2.75, 3.05) is 18.0 Å². The van der Waals surface area contributed by atoms with Crippen molar-refractivity contribution in [2.45, 2.75) is 38.1 Å². The smallest absolute Gasteiger partial charge is 0.242 e. The number of likely N-dealkylation sites (tertiary alicyclic amines) is 1. The molecule has 3 heterocycles. The molecule has 26 heavy (non-hydrogen) atoms. The van der Waals surface area contributed by atoms with E-state index in [0.717, 1.165) is 42.9 Å². The van der Waals surface area contributed by atoms with E-state index in [1.165, 1.54) is 6.07 Å². The van der Waals surface area contributed by atoms with Crippen molar-refractivity contribution < 1.29 is 9.18 Å². The Morgan fingerprint density at radius 3 is 2.54 bits per heavy atom. The fourth-order valence-corrected chi connectivity index (χ4v) is 4.17. The van der Waals surface area contributed by atoms with Gasteiger partial charge < -0.3 is 4.90 Å². The van der Waals surface area contributed by atoms with Crippen LogP contribution in [0.15, 0.2) is 42.7 Å². The van der Waals surface area contributed by atoms with E-state index in [4.69, 9.17) is 0 Å². The minimum atomic E-state index is -0.626. The van der Waals surface area contributed by atoms with Crippen LogP contribution in [0.1, 0.15) is 32.3 Å². The molecule has 6 heteroatoms. The van der Waals surface area contributed by atoms with Gasteiger partial charge in [0.15, 0.2) is 0 Å². The van der Waals surface area contributed by atoms with Gasteiger partial charge in [0.1, 0.15) is 5.82 Å². The average molecular weight is 376 g/mol. The van der Waals surface area contributed by atoms with Crippen molar-refractivity contribution in [2.24, 2.45) is 0 Å². The van der Waals surface area contributed by atoms with Crippen molar-refractivity contribution in [1.29, 1.82) is 0 Å². The maximum atomic E-state index is 14.0.